The van der Waals surface area contributed by atoms with Crippen molar-refractivity contribution in [3.05, 3.63) is 64.7 Å². The average molecular weight is 328 g/mol. The predicted octanol–water partition coefficient (Wildman–Crippen LogP) is 3.18. The summed E-state index contributed by atoms with van der Waals surface area (Å²) < 4.78 is 0. The molecule has 7 heteroatoms. The van der Waals surface area contributed by atoms with Gasteiger partial charge >= 0.3 is 0 Å². The van der Waals surface area contributed by atoms with E-state index in [4.69, 9.17) is 11.6 Å². The topological polar surface area (TPSA) is 72.7 Å². The molecular weight excluding hydrogens is 314 g/mol. The van der Waals surface area contributed by atoms with Crippen molar-refractivity contribution in [3.63, 3.8) is 0 Å². The molecule has 3 rings (SSSR count). The first-order valence-corrected chi connectivity index (χ1v) is 7.34. The minimum atomic E-state index is -0.318. The summed E-state index contributed by atoms with van der Waals surface area (Å²) in [6.07, 6.45) is 1.64. The number of nitrogens with one attached hydrogen (secondary N) is 1. The number of hydrogen-bond acceptors (Lipinski definition) is 4. The Kier molecular flexibility index (Phi) is 4.08. The van der Waals surface area contributed by atoms with Crippen LogP contribution in [0.4, 0.5) is 5.69 Å². The number of halogens is 1. The molecule has 0 aliphatic carbocycles. The van der Waals surface area contributed by atoms with Gasteiger partial charge in [0.25, 0.3) is 5.91 Å². The van der Waals surface area contributed by atoms with E-state index in [9.17, 15) is 4.79 Å². The van der Waals surface area contributed by atoms with Gasteiger partial charge in [-0.1, -0.05) is 17.7 Å². The highest BCUT2D eigenvalue weighted by Crippen LogP contribution is 2.15. The Labute approximate surface area is 138 Å². The number of hydrogen-bond donors (Lipinski definition) is 1. The molecule has 0 unspecified atom stereocenters. The summed E-state index contributed by atoms with van der Waals surface area (Å²) in [6, 6.07) is 10.6. The van der Waals surface area contributed by atoms with E-state index < -0.39 is 0 Å². The van der Waals surface area contributed by atoms with Gasteiger partial charge in [0.1, 0.15) is 0 Å². The number of rotatable bonds is 3. The molecule has 0 fully saturated rings. The van der Waals surface area contributed by atoms with Gasteiger partial charge in [-0.3, -0.25) is 9.78 Å². The molecule has 116 valence electrons. The first kappa shape index (κ1) is 15.2. The first-order valence-electron chi connectivity index (χ1n) is 6.97. The van der Waals surface area contributed by atoms with E-state index in [2.05, 4.69) is 20.5 Å². The Morgan fingerprint density at radius 3 is 2.74 bits per heavy atom. The molecular formula is C16H14ClN5O. The molecule has 0 atom stereocenters. The second kappa shape index (κ2) is 6.18. The maximum atomic E-state index is 12.4. The highest BCUT2D eigenvalue weighted by Gasteiger charge is 2.16. The maximum absolute atomic E-state index is 12.4. The summed E-state index contributed by atoms with van der Waals surface area (Å²) in [5.41, 5.74) is 2.98. The lowest BCUT2D eigenvalue weighted by Gasteiger charge is -2.03. The Bertz CT molecular complexity index is 874. The van der Waals surface area contributed by atoms with E-state index >= 15 is 0 Å². The lowest BCUT2D eigenvalue weighted by Crippen LogP contribution is -2.14. The van der Waals surface area contributed by atoms with Crippen molar-refractivity contribution >= 4 is 23.2 Å². The zero-order chi connectivity index (χ0) is 16.4. The maximum Gasteiger partial charge on any atom is 0.278 e. The second-order valence-corrected chi connectivity index (χ2v) is 5.48. The molecule has 0 aliphatic rings. The SMILES string of the molecule is Cc1cc(NC(=O)c2nn(-c3cccc(Cl)c3)nc2C)ccn1. The average Bonchev–Trinajstić information content (AvgIpc) is 2.89. The van der Waals surface area contributed by atoms with Gasteiger partial charge in [0.05, 0.1) is 11.4 Å². The van der Waals surface area contributed by atoms with Gasteiger partial charge in [0.15, 0.2) is 5.69 Å². The monoisotopic (exact) mass is 327 g/mol. The van der Waals surface area contributed by atoms with Crippen molar-refractivity contribution in [3.8, 4) is 5.69 Å². The third kappa shape index (κ3) is 3.37. The largest absolute Gasteiger partial charge is 0.320 e. The summed E-state index contributed by atoms with van der Waals surface area (Å²) in [6.45, 7) is 3.59. The van der Waals surface area contributed by atoms with Crippen LogP contribution in [-0.2, 0) is 0 Å². The molecule has 0 bridgehead atoms. The van der Waals surface area contributed by atoms with Gasteiger partial charge < -0.3 is 5.32 Å². The summed E-state index contributed by atoms with van der Waals surface area (Å²) >= 11 is 5.97. The van der Waals surface area contributed by atoms with Crippen LogP contribution in [0, 0.1) is 13.8 Å². The second-order valence-electron chi connectivity index (χ2n) is 5.04. The number of aromatic nitrogens is 4. The Hall–Kier alpha value is -2.73. The van der Waals surface area contributed by atoms with Crippen LogP contribution >= 0.6 is 11.6 Å². The highest BCUT2D eigenvalue weighted by atomic mass is 35.5. The van der Waals surface area contributed by atoms with Crippen molar-refractivity contribution in [1.82, 2.24) is 20.0 Å². The van der Waals surface area contributed by atoms with Crippen molar-refractivity contribution in [2.45, 2.75) is 13.8 Å². The van der Waals surface area contributed by atoms with Crippen LogP contribution in [-0.4, -0.2) is 25.9 Å². The van der Waals surface area contributed by atoms with Crippen molar-refractivity contribution in [2.24, 2.45) is 0 Å². The lowest BCUT2D eigenvalue weighted by molar-refractivity contribution is 0.102. The van der Waals surface area contributed by atoms with E-state index in [0.717, 1.165) is 5.69 Å². The van der Waals surface area contributed by atoms with E-state index in [1.165, 1.54) is 4.80 Å². The quantitative estimate of drug-likeness (QED) is 0.802. The molecule has 2 heterocycles. The molecule has 23 heavy (non-hydrogen) atoms. The molecule has 0 saturated heterocycles. The van der Waals surface area contributed by atoms with E-state index in [0.29, 0.717) is 22.1 Å². The predicted molar refractivity (Wildman–Crippen MR) is 88.0 cm³/mol. The van der Waals surface area contributed by atoms with Gasteiger partial charge in [0.2, 0.25) is 0 Å². The summed E-state index contributed by atoms with van der Waals surface area (Å²) in [5, 5.41) is 11.9. The molecule has 6 nitrogen and oxygen atoms in total. The van der Waals surface area contributed by atoms with E-state index in [1.807, 2.05) is 13.0 Å². The van der Waals surface area contributed by atoms with Gasteiger partial charge in [-0.15, -0.1) is 5.10 Å². The number of pyridine rings is 1. The van der Waals surface area contributed by atoms with Crippen molar-refractivity contribution in [2.75, 3.05) is 5.32 Å². The highest BCUT2D eigenvalue weighted by molar-refractivity contribution is 6.30. The molecule has 0 radical (unpaired) electrons. The molecule has 1 N–H and O–H groups in total. The van der Waals surface area contributed by atoms with Crippen LogP contribution in [0.1, 0.15) is 21.9 Å². The fraction of sp³-hybridized carbons (Fsp3) is 0.125. The normalized spacial score (nSPS) is 10.6. The molecule has 0 spiro atoms. The van der Waals surface area contributed by atoms with Crippen LogP contribution in [0.15, 0.2) is 42.6 Å². The third-order valence-corrected chi connectivity index (χ3v) is 3.43. The Morgan fingerprint density at radius 1 is 1.17 bits per heavy atom. The minimum Gasteiger partial charge on any atom is -0.320 e. The van der Waals surface area contributed by atoms with Gasteiger partial charge in [-0.05, 0) is 44.2 Å². The van der Waals surface area contributed by atoms with Crippen LogP contribution in [0.2, 0.25) is 5.02 Å². The molecule has 0 saturated carbocycles. The summed E-state index contributed by atoms with van der Waals surface area (Å²) in [5.74, 6) is -0.318. The van der Waals surface area contributed by atoms with Gasteiger partial charge in [-0.25, -0.2) is 0 Å². The summed E-state index contributed by atoms with van der Waals surface area (Å²) in [7, 11) is 0. The zero-order valence-electron chi connectivity index (χ0n) is 12.6. The van der Waals surface area contributed by atoms with Crippen LogP contribution < -0.4 is 5.32 Å². The minimum absolute atomic E-state index is 0.263. The van der Waals surface area contributed by atoms with Gasteiger partial charge in [0, 0.05) is 22.6 Å². The number of nitrogens with zero attached hydrogens (tertiary/aromatic N) is 4. The first-order chi connectivity index (χ1) is 11.0. The van der Waals surface area contributed by atoms with Crippen LogP contribution in [0.5, 0.6) is 0 Å². The van der Waals surface area contributed by atoms with Crippen molar-refractivity contribution < 1.29 is 4.79 Å². The standard InChI is InChI=1S/C16H14ClN5O/c1-10-8-13(6-7-18-10)19-16(23)15-11(2)20-22(21-15)14-5-3-4-12(17)9-14/h3-9H,1-2H3,(H,18,19,23). The molecule has 0 aliphatic heterocycles. The molecule has 1 aromatic carbocycles. The van der Waals surface area contributed by atoms with E-state index in [-0.39, 0.29) is 11.6 Å². The number of aryl methyl sites for hydroxylation is 2. The number of anilines is 1. The lowest BCUT2D eigenvalue weighted by atomic mass is 10.3. The molecule has 3 aromatic rings. The smallest absolute Gasteiger partial charge is 0.278 e. The Morgan fingerprint density at radius 2 is 2.00 bits per heavy atom. The van der Waals surface area contributed by atoms with Gasteiger partial charge in [-0.2, -0.15) is 9.90 Å². The molecule has 1 amide bonds. The zero-order valence-corrected chi connectivity index (χ0v) is 13.4. The number of benzene rings is 1. The Balaban J connectivity index is 1.87. The molecule has 2 aromatic heterocycles. The third-order valence-electron chi connectivity index (χ3n) is 3.19. The van der Waals surface area contributed by atoms with Crippen molar-refractivity contribution in [1.29, 1.82) is 0 Å². The number of carbonyl (C=O) groups excluding carboxylic acids is 1. The number of amides is 1. The number of carbonyl (C=O) groups is 1. The van der Waals surface area contributed by atoms with Crippen LogP contribution in [0.25, 0.3) is 5.69 Å². The fourth-order valence-electron chi connectivity index (χ4n) is 2.12. The van der Waals surface area contributed by atoms with Crippen LogP contribution in [0.3, 0.4) is 0 Å². The van der Waals surface area contributed by atoms with E-state index in [1.54, 1.807) is 43.5 Å². The summed E-state index contributed by atoms with van der Waals surface area (Å²) in [4.78, 5) is 17.9. The fourth-order valence-corrected chi connectivity index (χ4v) is 2.30.